The summed E-state index contributed by atoms with van der Waals surface area (Å²) in [5, 5.41) is 0. The average molecular weight is 235 g/mol. The fraction of sp³-hybridized carbons (Fsp3) is 1.00. The Morgan fingerprint density at radius 3 is 2.80 bits per heavy atom. The van der Waals surface area contributed by atoms with E-state index in [9.17, 15) is 8.42 Å². The van der Waals surface area contributed by atoms with Gasteiger partial charge in [0.15, 0.2) is 9.84 Å². The highest BCUT2D eigenvalue weighted by Gasteiger charge is 2.18. The molecule has 2 N–H and O–H groups in total. The van der Waals surface area contributed by atoms with E-state index >= 15 is 0 Å². The molecule has 0 aromatic heterocycles. The van der Waals surface area contributed by atoms with Gasteiger partial charge in [-0.05, 0) is 32.6 Å². The Morgan fingerprint density at radius 1 is 1.53 bits per heavy atom. The van der Waals surface area contributed by atoms with Crippen LogP contribution in [0.5, 0.6) is 0 Å². The maximum Gasteiger partial charge on any atom is 0.151 e. The van der Waals surface area contributed by atoms with Crippen molar-refractivity contribution in [2.45, 2.75) is 44.8 Å². The molecular weight excluding hydrogens is 214 g/mol. The van der Waals surface area contributed by atoms with Crippen LogP contribution >= 0.6 is 0 Å². The molecule has 1 saturated heterocycles. The van der Waals surface area contributed by atoms with Crippen molar-refractivity contribution in [3.63, 3.8) is 0 Å². The van der Waals surface area contributed by atoms with Gasteiger partial charge in [-0.25, -0.2) is 8.42 Å². The molecule has 2 atom stereocenters. The summed E-state index contributed by atoms with van der Waals surface area (Å²) in [6.07, 6.45) is 4.03. The molecule has 1 fully saturated rings. The Morgan fingerprint density at radius 2 is 2.27 bits per heavy atom. The number of nitrogens with two attached hydrogens (primary N) is 1. The van der Waals surface area contributed by atoms with E-state index in [2.05, 4.69) is 0 Å². The van der Waals surface area contributed by atoms with Crippen LogP contribution in [0.4, 0.5) is 0 Å². The van der Waals surface area contributed by atoms with Crippen molar-refractivity contribution in [2.75, 3.05) is 18.1 Å². The second kappa shape index (κ2) is 5.82. The van der Waals surface area contributed by atoms with Crippen molar-refractivity contribution in [1.29, 1.82) is 0 Å². The Kier molecular flexibility index (Phi) is 5.02. The van der Waals surface area contributed by atoms with Crippen molar-refractivity contribution >= 4 is 9.84 Å². The SMILES string of the molecule is CC(N)CS(=O)(=O)CCCC1CCCO1. The quantitative estimate of drug-likeness (QED) is 0.736. The zero-order valence-electron chi connectivity index (χ0n) is 9.31. The standard InChI is InChI=1S/C10H21NO3S/c1-9(11)8-15(12,13)7-3-5-10-4-2-6-14-10/h9-10H,2-8,11H2,1H3. The largest absolute Gasteiger partial charge is 0.378 e. The molecule has 0 aromatic rings. The fourth-order valence-electron chi connectivity index (χ4n) is 1.89. The lowest BCUT2D eigenvalue weighted by Gasteiger charge is -2.10. The van der Waals surface area contributed by atoms with Gasteiger partial charge in [0, 0.05) is 12.6 Å². The molecule has 0 amide bonds. The molecule has 0 saturated carbocycles. The third-order valence-corrected chi connectivity index (χ3v) is 4.47. The van der Waals surface area contributed by atoms with Crippen LogP contribution in [0.25, 0.3) is 0 Å². The molecule has 1 rings (SSSR count). The van der Waals surface area contributed by atoms with Gasteiger partial charge in [-0.1, -0.05) is 0 Å². The van der Waals surface area contributed by atoms with Gasteiger partial charge < -0.3 is 10.5 Å². The molecule has 2 unspecified atom stereocenters. The molecular formula is C10H21NO3S. The summed E-state index contributed by atoms with van der Waals surface area (Å²) >= 11 is 0. The molecule has 1 aliphatic rings. The van der Waals surface area contributed by atoms with Gasteiger partial charge >= 0.3 is 0 Å². The third-order valence-electron chi connectivity index (χ3n) is 2.52. The van der Waals surface area contributed by atoms with Crippen LogP contribution in [0.1, 0.15) is 32.6 Å². The first-order chi connectivity index (χ1) is 6.99. The molecule has 1 aliphatic heterocycles. The Bertz CT molecular complexity index is 268. The zero-order chi connectivity index (χ0) is 11.3. The monoisotopic (exact) mass is 235 g/mol. The minimum absolute atomic E-state index is 0.0958. The predicted molar refractivity (Wildman–Crippen MR) is 60.5 cm³/mol. The third kappa shape index (κ3) is 5.49. The first kappa shape index (κ1) is 12.9. The summed E-state index contributed by atoms with van der Waals surface area (Å²) in [5.41, 5.74) is 5.47. The Hall–Kier alpha value is -0.130. The van der Waals surface area contributed by atoms with Gasteiger partial charge in [0.1, 0.15) is 0 Å². The molecule has 15 heavy (non-hydrogen) atoms. The Labute approximate surface area is 92.1 Å². The van der Waals surface area contributed by atoms with Crippen molar-refractivity contribution in [1.82, 2.24) is 0 Å². The van der Waals surface area contributed by atoms with E-state index in [4.69, 9.17) is 10.5 Å². The fourth-order valence-corrected chi connectivity index (χ4v) is 3.46. The van der Waals surface area contributed by atoms with Crippen molar-refractivity contribution < 1.29 is 13.2 Å². The normalized spacial score (nSPS) is 24.3. The summed E-state index contributed by atoms with van der Waals surface area (Å²) in [6.45, 7) is 2.55. The first-order valence-electron chi connectivity index (χ1n) is 5.57. The minimum atomic E-state index is -2.95. The van der Waals surface area contributed by atoms with Crippen LogP contribution in [0.15, 0.2) is 0 Å². The van der Waals surface area contributed by atoms with Crippen LogP contribution in [-0.4, -0.2) is 38.7 Å². The number of hydrogen-bond donors (Lipinski definition) is 1. The lowest BCUT2D eigenvalue weighted by atomic mass is 10.1. The van der Waals surface area contributed by atoms with Crippen LogP contribution in [0, 0.1) is 0 Å². The van der Waals surface area contributed by atoms with Crippen LogP contribution < -0.4 is 5.73 Å². The maximum atomic E-state index is 11.5. The molecule has 0 radical (unpaired) electrons. The summed E-state index contributed by atoms with van der Waals surface area (Å²) < 4.78 is 28.4. The number of hydrogen-bond acceptors (Lipinski definition) is 4. The van der Waals surface area contributed by atoms with Gasteiger partial charge in [-0.2, -0.15) is 0 Å². The highest BCUT2D eigenvalue weighted by atomic mass is 32.2. The van der Waals surface area contributed by atoms with E-state index in [-0.39, 0.29) is 23.7 Å². The topological polar surface area (TPSA) is 69.4 Å². The molecule has 4 nitrogen and oxygen atoms in total. The van der Waals surface area contributed by atoms with Crippen LogP contribution in [-0.2, 0) is 14.6 Å². The van der Waals surface area contributed by atoms with E-state index in [0.717, 1.165) is 25.9 Å². The van der Waals surface area contributed by atoms with Crippen molar-refractivity contribution in [3.8, 4) is 0 Å². The summed E-state index contributed by atoms with van der Waals surface area (Å²) in [7, 11) is -2.95. The summed E-state index contributed by atoms with van der Waals surface area (Å²) in [4.78, 5) is 0. The van der Waals surface area contributed by atoms with Gasteiger partial charge in [0.2, 0.25) is 0 Å². The van der Waals surface area contributed by atoms with Gasteiger partial charge in [-0.15, -0.1) is 0 Å². The molecule has 5 heteroatoms. The van der Waals surface area contributed by atoms with E-state index in [1.165, 1.54) is 0 Å². The van der Waals surface area contributed by atoms with Crippen LogP contribution in [0.2, 0.25) is 0 Å². The zero-order valence-corrected chi connectivity index (χ0v) is 10.1. The van der Waals surface area contributed by atoms with Gasteiger partial charge in [-0.3, -0.25) is 0 Å². The number of sulfone groups is 1. The van der Waals surface area contributed by atoms with Crippen molar-refractivity contribution in [3.05, 3.63) is 0 Å². The van der Waals surface area contributed by atoms with Gasteiger partial charge in [0.05, 0.1) is 17.6 Å². The van der Waals surface area contributed by atoms with E-state index < -0.39 is 9.84 Å². The smallest absolute Gasteiger partial charge is 0.151 e. The molecule has 0 bridgehead atoms. The lowest BCUT2D eigenvalue weighted by Crippen LogP contribution is -2.28. The van der Waals surface area contributed by atoms with Crippen molar-refractivity contribution in [2.24, 2.45) is 5.73 Å². The lowest BCUT2D eigenvalue weighted by molar-refractivity contribution is 0.104. The molecule has 0 spiro atoms. The highest BCUT2D eigenvalue weighted by Crippen LogP contribution is 2.17. The second-order valence-corrected chi connectivity index (χ2v) is 6.60. The van der Waals surface area contributed by atoms with Gasteiger partial charge in [0.25, 0.3) is 0 Å². The predicted octanol–water partition coefficient (Wildman–Crippen LogP) is 0.708. The summed E-state index contributed by atoms with van der Waals surface area (Å²) in [6, 6.07) is -0.266. The number of ether oxygens (including phenoxy) is 1. The second-order valence-electron chi connectivity index (χ2n) is 4.37. The van der Waals surface area contributed by atoms with E-state index in [1.54, 1.807) is 6.92 Å². The molecule has 90 valence electrons. The average Bonchev–Trinajstić information content (AvgIpc) is 2.53. The van der Waals surface area contributed by atoms with E-state index in [1.807, 2.05) is 0 Å². The molecule has 0 aromatic carbocycles. The maximum absolute atomic E-state index is 11.5. The minimum Gasteiger partial charge on any atom is -0.378 e. The molecule has 1 heterocycles. The summed E-state index contributed by atoms with van der Waals surface area (Å²) in [5.74, 6) is 0.340. The van der Waals surface area contributed by atoms with Crippen LogP contribution in [0.3, 0.4) is 0 Å². The highest BCUT2D eigenvalue weighted by molar-refractivity contribution is 7.91. The van der Waals surface area contributed by atoms with E-state index in [0.29, 0.717) is 6.42 Å². The first-order valence-corrected chi connectivity index (χ1v) is 7.39. The Balaban J connectivity index is 2.18. The number of rotatable bonds is 6. The molecule has 0 aliphatic carbocycles.